The molecule has 0 saturated heterocycles. The number of amides is 1. The maximum Gasteiger partial charge on any atom is 0.425 e. The number of nitrogens with zero attached hydrogens (tertiary/aromatic N) is 2. The summed E-state index contributed by atoms with van der Waals surface area (Å²) in [6, 6.07) is 9.84. The zero-order valence-corrected chi connectivity index (χ0v) is 13.5. The quantitative estimate of drug-likeness (QED) is 0.848. The van der Waals surface area contributed by atoms with Gasteiger partial charge in [-0.15, -0.1) is 0 Å². The van der Waals surface area contributed by atoms with E-state index in [2.05, 4.69) is 0 Å². The number of hydrogen-bond acceptors (Lipinski definition) is 4. The Bertz CT molecular complexity index is 441. The van der Waals surface area contributed by atoms with Crippen molar-refractivity contribution in [3.8, 4) is 0 Å². The summed E-state index contributed by atoms with van der Waals surface area (Å²) < 4.78 is 5.39. The van der Waals surface area contributed by atoms with E-state index in [-0.39, 0.29) is 6.54 Å². The molecule has 1 atom stereocenters. The van der Waals surface area contributed by atoms with Crippen LogP contribution in [0.1, 0.15) is 33.3 Å². The summed E-state index contributed by atoms with van der Waals surface area (Å²) in [7, 11) is 1.80. The van der Waals surface area contributed by atoms with E-state index in [1.807, 2.05) is 51.1 Å². The van der Waals surface area contributed by atoms with Crippen molar-refractivity contribution in [3.63, 3.8) is 0 Å². The van der Waals surface area contributed by atoms with Crippen LogP contribution < -0.4 is 0 Å². The van der Waals surface area contributed by atoms with Crippen LogP contribution in [0.25, 0.3) is 0 Å². The van der Waals surface area contributed by atoms with Crippen LogP contribution in [-0.2, 0) is 11.3 Å². The first-order valence-electron chi connectivity index (χ1n) is 7.12. The fourth-order valence-corrected chi connectivity index (χ4v) is 1.85. The van der Waals surface area contributed by atoms with E-state index in [9.17, 15) is 9.90 Å². The molecule has 0 fully saturated rings. The molecule has 1 aromatic carbocycles. The summed E-state index contributed by atoms with van der Waals surface area (Å²) in [5.74, 6) is 0. The number of hydrogen-bond donors (Lipinski definition) is 1. The van der Waals surface area contributed by atoms with Gasteiger partial charge < -0.3 is 9.84 Å². The summed E-state index contributed by atoms with van der Waals surface area (Å²) in [4.78, 5) is 12.3. The number of rotatable bonds is 5. The molecule has 0 aliphatic rings. The minimum absolute atomic E-state index is 0.193. The third-order valence-corrected chi connectivity index (χ3v) is 2.71. The molecule has 0 aliphatic heterocycles. The number of benzene rings is 1. The van der Waals surface area contributed by atoms with Crippen LogP contribution in [0.3, 0.4) is 0 Å². The number of hydrazine groups is 1. The van der Waals surface area contributed by atoms with Gasteiger partial charge in [0.15, 0.2) is 0 Å². The smallest absolute Gasteiger partial charge is 0.425 e. The molecule has 0 saturated carbocycles. The molecular weight excluding hydrogens is 268 g/mol. The number of carbonyl (C=O) groups is 1. The topological polar surface area (TPSA) is 53.0 Å². The van der Waals surface area contributed by atoms with Gasteiger partial charge in [0.1, 0.15) is 5.60 Å². The molecule has 118 valence electrons. The van der Waals surface area contributed by atoms with Gasteiger partial charge in [-0.3, -0.25) is 0 Å². The van der Waals surface area contributed by atoms with E-state index in [0.29, 0.717) is 6.54 Å². The molecule has 1 amide bonds. The van der Waals surface area contributed by atoms with Crippen LogP contribution in [0.4, 0.5) is 4.79 Å². The van der Waals surface area contributed by atoms with Gasteiger partial charge in [-0.25, -0.2) is 14.8 Å². The highest BCUT2D eigenvalue weighted by Crippen LogP contribution is 2.13. The highest BCUT2D eigenvalue weighted by molar-refractivity contribution is 5.67. The molecule has 0 heterocycles. The Labute approximate surface area is 127 Å². The highest BCUT2D eigenvalue weighted by atomic mass is 16.6. The predicted molar refractivity (Wildman–Crippen MR) is 82.5 cm³/mol. The van der Waals surface area contributed by atoms with E-state index in [1.165, 1.54) is 5.01 Å². The van der Waals surface area contributed by atoms with Crippen molar-refractivity contribution in [2.75, 3.05) is 13.6 Å². The molecule has 0 radical (unpaired) electrons. The molecule has 0 aromatic heterocycles. The molecular formula is C16H26N2O3. The second kappa shape index (κ2) is 7.43. The minimum atomic E-state index is -0.629. The Hall–Kier alpha value is -1.59. The number of aliphatic hydroxyl groups is 1. The summed E-state index contributed by atoms with van der Waals surface area (Å²) in [6.45, 7) is 7.87. The first-order valence-corrected chi connectivity index (χ1v) is 7.12. The largest absolute Gasteiger partial charge is 0.443 e. The number of aliphatic hydroxyl groups excluding tert-OH is 1. The van der Waals surface area contributed by atoms with Crippen LogP contribution >= 0.6 is 0 Å². The average Bonchev–Trinajstić information content (AvgIpc) is 2.34. The third-order valence-electron chi connectivity index (χ3n) is 2.71. The lowest BCUT2D eigenvalue weighted by Gasteiger charge is -2.34. The van der Waals surface area contributed by atoms with Crippen LogP contribution in [0.2, 0.25) is 0 Å². The predicted octanol–water partition coefficient (Wildman–Crippen LogP) is 2.65. The Morgan fingerprint density at radius 2 is 1.86 bits per heavy atom. The minimum Gasteiger partial charge on any atom is -0.443 e. The normalized spacial score (nSPS) is 13.1. The van der Waals surface area contributed by atoms with Gasteiger partial charge in [-0.2, -0.15) is 0 Å². The van der Waals surface area contributed by atoms with Gasteiger partial charge in [0.25, 0.3) is 0 Å². The molecule has 5 nitrogen and oxygen atoms in total. The number of ether oxygens (including phenoxy) is 1. The van der Waals surface area contributed by atoms with Crippen LogP contribution in [-0.4, -0.2) is 46.5 Å². The Morgan fingerprint density at radius 1 is 1.29 bits per heavy atom. The zero-order valence-electron chi connectivity index (χ0n) is 13.5. The first kappa shape index (κ1) is 17.5. The molecule has 21 heavy (non-hydrogen) atoms. The van der Waals surface area contributed by atoms with Crippen molar-refractivity contribution in [2.24, 2.45) is 0 Å². The van der Waals surface area contributed by atoms with Crippen molar-refractivity contribution < 1.29 is 14.6 Å². The molecule has 1 unspecified atom stereocenters. The summed E-state index contributed by atoms with van der Waals surface area (Å²) >= 11 is 0. The Morgan fingerprint density at radius 3 is 2.33 bits per heavy atom. The molecule has 1 rings (SSSR count). The van der Waals surface area contributed by atoms with Gasteiger partial charge in [-0.1, -0.05) is 30.3 Å². The van der Waals surface area contributed by atoms with E-state index in [4.69, 9.17) is 4.74 Å². The number of carbonyl (C=O) groups excluding carboxylic acids is 1. The first-order chi connectivity index (χ1) is 9.69. The van der Waals surface area contributed by atoms with E-state index in [0.717, 1.165) is 5.56 Å². The van der Waals surface area contributed by atoms with Crippen molar-refractivity contribution >= 4 is 6.09 Å². The lowest BCUT2D eigenvalue weighted by atomic mass is 10.2. The summed E-state index contributed by atoms with van der Waals surface area (Å²) in [5.41, 5.74) is 0.515. The van der Waals surface area contributed by atoms with E-state index < -0.39 is 17.8 Å². The molecule has 0 aliphatic carbocycles. The van der Waals surface area contributed by atoms with Crippen LogP contribution in [0.15, 0.2) is 30.3 Å². The fraction of sp³-hybridized carbons (Fsp3) is 0.562. The second-order valence-electron chi connectivity index (χ2n) is 6.21. The lowest BCUT2D eigenvalue weighted by Crippen LogP contribution is -2.49. The van der Waals surface area contributed by atoms with Gasteiger partial charge in [-0.05, 0) is 33.3 Å². The third kappa shape index (κ3) is 6.60. The average molecular weight is 294 g/mol. The summed E-state index contributed by atoms with van der Waals surface area (Å²) in [6.07, 6.45) is -1.09. The monoisotopic (exact) mass is 294 g/mol. The fourth-order valence-electron chi connectivity index (χ4n) is 1.85. The standard InChI is InChI=1S/C16H26N2O3/c1-13(19)11-18(15(20)21-16(2,3)4)17(5)12-14-9-7-6-8-10-14/h6-10,13,19H,11-12H2,1-5H3. The Kier molecular flexibility index (Phi) is 6.18. The van der Waals surface area contributed by atoms with Crippen molar-refractivity contribution in [2.45, 2.75) is 45.9 Å². The molecule has 0 bridgehead atoms. The highest BCUT2D eigenvalue weighted by Gasteiger charge is 2.26. The van der Waals surface area contributed by atoms with Gasteiger partial charge >= 0.3 is 6.09 Å². The Balaban J connectivity index is 2.78. The second-order valence-corrected chi connectivity index (χ2v) is 6.21. The van der Waals surface area contributed by atoms with Crippen molar-refractivity contribution in [3.05, 3.63) is 35.9 Å². The van der Waals surface area contributed by atoms with Crippen LogP contribution in [0.5, 0.6) is 0 Å². The maximum absolute atomic E-state index is 12.3. The maximum atomic E-state index is 12.3. The van der Waals surface area contributed by atoms with Crippen molar-refractivity contribution in [1.29, 1.82) is 0 Å². The van der Waals surface area contributed by atoms with Gasteiger partial charge in [0, 0.05) is 13.6 Å². The lowest BCUT2D eigenvalue weighted by molar-refractivity contribution is -0.0573. The molecule has 1 N–H and O–H groups in total. The van der Waals surface area contributed by atoms with Gasteiger partial charge in [0.2, 0.25) is 0 Å². The molecule has 0 spiro atoms. The zero-order chi connectivity index (χ0) is 16.0. The molecule has 5 heteroatoms. The van der Waals surface area contributed by atoms with Crippen molar-refractivity contribution in [1.82, 2.24) is 10.0 Å². The SMILES string of the molecule is CC(O)CN(C(=O)OC(C)(C)C)N(C)Cc1ccccc1. The van der Waals surface area contributed by atoms with Crippen LogP contribution in [0, 0.1) is 0 Å². The van der Waals surface area contributed by atoms with E-state index >= 15 is 0 Å². The molecule has 1 aromatic rings. The van der Waals surface area contributed by atoms with E-state index in [1.54, 1.807) is 19.0 Å². The van der Waals surface area contributed by atoms with Gasteiger partial charge in [0.05, 0.1) is 12.6 Å². The summed E-state index contributed by atoms with van der Waals surface area (Å²) in [5, 5.41) is 12.8.